The van der Waals surface area contributed by atoms with Crippen molar-refractivity contribution in [1.29, 1.82) is 0 Å². The highest BCUT2D eigenvalue weighted by Gasteiger charge is 2.29. The molecule has 5 nitrogen and oxygen atoms in total. The predicted molar refractivity (Wildman–Crippen MR) is 70.9 cm³/mol. The lowest BCUT2D eigenvalue weighted by Crippen LogP contribution is -2.22. The Bertz CT molecular complexity index is 531. The van der Waals surface area contributed by atoms with Crippen molar-refractivity contribution in [2.75, 3.05) is 13.1 Å². The Balaban J connectivity index is 1.69. The normalized spacial score (nSPS) is 23.9. The maximum Gasteiger partial charge on any atom is 0.0938 e. The third-order valence-corrected chi connectivity index (χ3v) is 3.39. The second-order valence-corrected chi connectivity index (χ2v) is 4.92. The summed E-state index contributed by atoms with van der Waals surface area (Å²) in [6.45, 7) is 1.65. The van der Waals surface area contributed by atoms with Gasteiger partial charge in [-0.05, 0) is 18.2 Å². The van der Waals surface area contributed by atoms with Crippen LogP contribution in [0.5, 0.6) is 0 Å². The number of nitrogens with zero attached hydrogens (tertiary/aromatic N) is 3. The number of rotatable bonds is 3. The molecule has 0 aliphatic carbocycles. The first kappa shape index (κ1) is 12.3. The summed E-state index contributed by atoms with van der Waals surface area (Å²) in [5, 5.41) is 23.5. The van der Waals surface area contributed by atoms with E-state index >= 15 is 0 Å². The lowest BCUT2D eigenvalue weighted by atomic mass is 10.3. The van der Waals surface area contributed by atoms with Crippen molar-refractivity contribution < 1.29 is 10.2 Å². The van der Waals surface area contributed by atoms with Crippen molar-refractivity contribution in [3.8, 4) is 5.69 Å². The third-order valence-electron chi connectivity index (χ3n) is 3.39. The Morgan fingerprint density at radius 2 is 1.74 bits per heavy atom. The molecule has 5 heteroatoms. The maximum absolute atomic E-state index is 9.51. The van der Waals surface area contributed by atoms with E-state index in [0.29, 0.717) is 19.6 Å². The molecule has 0 radical (unpaired) electrons. The molecule has 2 aromatic rings. The van der Waals surface area contributed by atoms with Gasteiger partial charge in [0.05, 0.1) is 23.6 Å². The van der Waals surface area contributed by atoms with E-state index in [2.05, 4.69) is 5.10 Å². The van der Waals surface area contributed by atoms with E-state index in [9.17, 15) is 10.2 Å². The summed E-state index contributed by atoms with van der Waals surface area (Å²) < 4.78 is 1.83. The van der Waals surface area contributed by atoms with Gasteiger partial charge in [-0.15, -0.1) is 0 Å². The standard InChI is InChI=1S/C14H17N3O2/c18-13-9-16(10-14(13)19)8-11-6-7-17(15-11)12-4-2-1-3-5-12/h1-7,13-14,18-19H,8-10H2/t13-,14+. The van der Waals surface area contributed by atoms with Gasteiger partial charge in [-0.3, -0.25) is 4.90 Å². The van der Waals surface area contributed by atoms with Gasteiger partial charge in [0, 0.05) is 25.8 Å². The summed E-state index contributed by atoms with van der Waals surface area (Å²) in [7, 11) is 0. The molecule has 100 valence electrons. The van der Waals surface area contributed by atoms with Crippen LogP contribution in [0.3, 0.4) is 0 Å². The van der Waals surface area contributed by atoms with Gasteiger partial charge in [0.15, 0.2) is 0 Å². The first-order valence-corrected chi connectivity index (χ1v) is 6.41. The van der Waals surface area contributed by atoms with Gasteiger partial charge >= 0.3 is 0 Å². The van der Waals surface area contributed by atoms with E-state index in [-0.39, 0.29) is 0 Å². The van der Waals surface area contributed by atoms with Gasteiger partial charge in [-0.25, -0.2) is 4.68 Å². The van der Waals surface area contributed by atoms with Crippen LogP contribution in [0.15, 0.2) is 42.6 Å². The van der Waals surface area contributed by atoms with Gasteiger partial charge in [-0.2, -0.15) is 5.10 Å². The minimum Gasteiger partial charge on any atom is -0.389 e. The SMILES string of the molecule is O[C@@H]1CN(Cc2ccn(-c3ccccc3)n2)C[C@@H]1O. The van der Waals surface area contributed by atoms with Crippen LogP contribution in [0.2, 0.25) is 0 Å². The molecule has 0 unspecified atom stereocenters. The molecular formula is C14H17N3O2. The molecule has 1 aliphatic rings. The molecule has 2 heterocycles. The summed E-state index contributed by atoms with van der Waals surface area (Å²) in [5.41, 5.74) is 1.96. The summed E-state index contributed by atoms with van der Waals surface area (Å²) in [5.74, 6) is 0. The molecule has 0 bridgehead atoms. The molecule has 2 atom stereocenters. The van der Waals surface area contributed by atoms with Gasteiger partial charge in [-0.1, -0.05) is 18.2 Å². The highest BCUT2D eigenvalue weighted by Crippen LogP contribution is 2.14. The van der Waals surface area contributed by atoms with Crippen LogP contribution in [0.25, 0.3) is 5.69 Å². The Hall–Kier alpha value is -1.69. The third kappa shape index (κ3) is 2.68. The first-order valence-electron chi connectivity index (χ1n) is 6.41. The van der Waals surface area contributed by atoms with E-state index in [1.54, 1.807) is 0 Å². The van der Waals surface area contributed by atoms with E-state index in [4.69, 9.17) is 0 Å². The fraction of sp³-hybridized carbons (Fsp3) is 0.357. The number of aliphatic hydroxyl groups is 2. The van der Waals surface area contributed by atoms with Crippen LogP contribution in [-0.4, -0.2) is 50.2 Å². The molecule has 3 rings (SSSR count). The number of likely N-dealkylation sites (tertiary alicyclic amines) is 1. The molecule has 1 aromatic heterocycles. The Kier molecular flexibility index (Phi) is 3.33. The number of aliphatic hydroxyl groups excluding tert-OH is 2. The predicted octanol–water partition coefficient (Wildman–Crippen LogP) is 0.410. The minimum atomic E-state index is -0.642. The number of hydrogen-bond donors (Lipinski definition) is 2. The fourth-order valence-electron chi connectivity index (χ4n) is 2.38. The molecule has 1 aliphatic heterocycles. The minimum absolute atomic E-state index is 0.499. The molecule has 1 aromatic carbocycles. The topological polar surface area (TPSA) is 61.5 Å². The van der Waals surface area contributed by atoms with Gasteiger partial charge in [0.2, 0.25) is 0 Å². The van der Waals surface area contributed by atoms with Gasteiger partial charge in [0.25, 0.3) is 0 Å². The van der Waals surface area contributed by atoms with Crippen LogP contribution < -0.4 is 0 Å². The second-order valence-electron chi connectivity index (χ2n) is 4.92. The van der Waals surface area contributed by atoms with E-state index in [1.807, 2.05) is 52.2 Å². The van der Waals surface area contributed by atoms with Crippen molar-refractivity contribution in [1.82, 2.24) is 14.7 Å². The quantitative estimate of drug-likeness (QED) is 0.838. The highest BCUT2D eigenvalue weighted by atomic mass is 16.3. The lowest BCUT2D eigenvalue weighted by Gasteiger charge is -2.12. The molecule has 0 spiro atoms. The lowest BCUT2D eigenvalue weighted by molar-refractivity contribution is 0.0572. The molecule has 1 saturated heterocycles. The molecule has 0 saturated carbocycles. The molecule has 1 fully saturated rings. The van der Waals surface area contributed by atoms with Crippen LogP contribution in [0, 0.1) is 0 Å². The number of para-hydroxylation sites is 1. The largest absolute Gasteiger partial charge is 0.389 e. The van der Waals surface area contributed by atoms with Crippen molar-refractivity contribution in [2.24, 2.45) is 0 Å². The number of hydrogen-bond acceptors (Lipinski definition) is 4. The molecule has 19 heavy (non-hydrogen) atoms. The monoisotopic (exact) mass is 259 g/mol. The summed E-state index contributed by atoms with van der Waals surface area (Å²) >= 11 is 0. The van der Waals surface area contributed by atoms with Gasteiger partial charge < -0.3 is 10.2 Å². The number of benzene rings is 1. The van der Waals surface area contributed by atoms with Crippen LogP contribution >= 0.6 is 0 Å². The molecule has 2 N–H and O–H groups in total. The zero-order valence-corrected chi connectivity index (χ0v) is 10.6. The molecule has 0 amide bonds. The average Bonchev–Trinajstić information content (AvgIpc) is 2.99. The Morgan fingerprint density at radius 3 is 2.42 bits per heavy atom. The van der Waals surface area contributed by atoms with E-state index < -0.39 is 12.2 Å². The van der Waals surface area contributed by atoms with Crippen molar-refractivity contribution in [3.63, 3.8) is 0 Å². The van der Waals surface area contributed by atoms with Crippen molar-refractivity contribution >= 4 is 0 Å². The van der Waals surface area contributed by atoms with E-state index in [1.165, 1.54) is 0 Å². The van der Waals surface area contributed by atoms with Crippen LogP contribution in [-0.2, 0) is 6.54 Å². The first-order chi connectivity index (χ1) is 9.22. The summed E-state index contributed by atoms with van der Waals surface area (Å²) in [6.07, 6.45) is 0.639. The molecular weight excluding hydrogens is 242 g/mol. The zero-order chi connectivity index (χ0) is 13.2. The zero-order valence-electron chi connectivity index (χ0n) is 10.6. The summed E-state index contributed by atoms with van der Waals surface area (Å²) in [4.78, 5) is 2.01. The number of β-amino-alcohol motifs (C(OH)–C–C–N with tert-alkyl or cyclic N) is 2. The summed E-state index contributed by atoms with van der Waals surface area (Å²) in [6, 6.07) is 11.9. The average molecular weight is 259 g/mol. The second kappa shape index (κ2) is 5.13. The van der Waals surface area contributed by atoms with Crippen molar-refractivity contribution in [3.05, 3.63) is 48.3 Å². The van der Waals surface area contributed by atoms with Gasteiger partial charge in [0.1, 0.15) is 0 Å². The number of aromatic nitrogens is 2. The Labute approximate surface area is 111 Å². The van der Waals surface area contributed by atoms with Crippen molar-refractivity contribution in [2.45, 2.75) is 18.8 Å². The Morgan fingerprint density at radius 1 is 1.05 bits per heavy atom. The van der Waals surface area contributed by atoms with Crippen LogP contribution in [0.4, 0.5) is 0 Å². The smallest absolute Gasteiger partial charge is 0.0938 e. The van der Waals surface area contributed by atoms with Crippen LogP contribution in [0.1, 0.15) is 5.69 Å². The highest BCUT2D eigenvalue weighted by molar-refractivity contribution is 5.30. The maximum atomic E-state index is 9.51. The fourth-order valence-corrected chi connectivity index (χ4v) is 2.38. The van der Waals surface area contributed by atoms with E-state index in [0.717, 1.165) is 11.4 Å².